The molecule has 0 fully saturated rings. The molecule has 1 N–H and O–H groups in total. The van der Waals surface area contributed by atoms with Gasteiger partial charge in [0, 0.05) is 19.3 Å². The predicted octanol–water partition coefficient (Wildman–Crippen LogP) is 1.25. The molecule has 1 heterocycles. The van der Waals surface area contributed by atoms with E-state index in [1.54, 1.807) is 4.90 Å². The molecule has 0 bridgehead atoms. The van der Waals surface area contributed by atoms with Crippen molar-refractivity contribution in [3.8, 4) is 0 Å². The Morgan fingerprint density at radius 2 is 2.42 bits per heavy atom. The smallest absolute Gasteiger partial charge is 0.321 e. The Morgan fingerprint density at radius 3 is 3.25 bits per heavy atom. The third kappa shape index (κ3) is 1.11. The van der Waals surface area contributed by atoms with Crippen molar-refractivity contribution in [1.29, 1.82) is 0 Å². The molecule has 3 heteroatoms. The minimum absolute atomic E-state index is 0.000278. The molecular formula is C9H12N2O. The number of likely N-dealkylation sites (N-methyl/N-ethyl adjacent to an activating group) is 1. The lowest BCUT2D eigenvalue weighted by Gasteiger charge is -2.28. The van der Waals surface area contributed by atoms with Crippen LogP contribution < -0.4 is 5.32 Å². The Kier molecular flexibility index (Phi) is 1.64. The van der Waals surface area contributed by atoms with Crippen molar-refractivity contribution in [2.24, 2.45) is 0 Å². The molecule has 12 heavy (non-hydrogen) atoms. The predicted molar refractivity (Wildman–Crippen MR) is 46.6 cm³/mol. The number of allylic oxidation sites excluding steroid dienone is 2. The molecule has 64 valence electrons. The fourth-order valence-corrected chi connectivity index (χ4v) is 1.57. The number of hydrogen-bond donors (Lipinski definition) is 1. The van der Waals surface area contributed by atoms with E-state index in [0.717, 1.165) is 25.1 Å². The maximum Gasteiger partial charge on any atom is 0.321 e. The van der Waals surface area contributed by atoms with Crippen LogP contribution in [0.25, 0.3) is 0 Å². The number of nitrogens with one attached hydrogen (secondary N) is 1. The fraction of sp³-hybridized carbons (Fsp3) is 0.444. The Hall–Kier alpha value is -1.25. The van der Waals surface area contributed by atoms with Gasteiger partial charge in [0.15, 0.2) is 0 Å². The summed E-state index contributed by atoms with van der Waals surface area (Å²) >= 11 is 0. The summed E-state index contributed by atoms with van der Waals surface area (Å²) in [6, 6.07) is 0.000278. The molecule has 3 nitrogen and oxygen atoms in total. The van der Waals surface area contributed by atoms with Crippen LogP contribution in [0.5, 0.6) is 0 Å². The number of carbonyl (C=O) groups is 1. The molecule has 1 aliphatic heterocycles. The molecule has 0 aromatic carbocycles. The van der Waals surface area contributed by atoms with Crippen molar-refractivity contribution in [3.05, 3.63) is 23.4 Å². The van der Waals surface area contributed by atoms with Gasteiger partial charge in [0.05, 0.1) is 0 Å². The summed E-state index contributed by atoms with van der Waals surface area (Å²) in [7, 11) is 1.82. The van der Waals surface area contributed by atoms with E-state index in [4.69, 9.17) is 0 Å². The lowest BCUT2D eigenvalue weighted by molar-refractivity contribution is 0.211. The molecule has 0 aromatic heterocycles. The van der Waals surface area contributed by atoms with Crippen LogP contribution in [0.1, 0.15) is 12.8 Å². The average molecular weight is 164 g/mol. The molecule has 0 atom stereocenters. The van der Waals surface area contributed by atoms with Crippen LogP contribution in [-0.2, 0) is 0 Å². The second-order valence-corrected chi connectivity index (χ2v) is 3.24. The first-order chi connectivity index (χ1) is 5.77. The lowest BCUT2D eigenvalue weighted by atomic mass is 10.0. The molecule has 1 aliphatic carbocycles. The van der Waals surface area contributed by atoms with E-state index < -0.39 is 0 Å². The fourth-order valence-electron chi connectivity index (χ4n) is 1.57. The van der Waals surface area contributed by atoms with Gasteiger partial charge in [0.25, 0.3) is 0 Å². The van der Waals surface area contributed by atoms with Crippen molar-refractivity contribution in [1.82, 2.24) is 10.2 Å². The molecule has 0 unspecified atom stereocenters. The van der Waals surface area contributed by atoms with E-state index in [9.17, 15) is 4.79 Å². The molecular weight excluding hydrogens is 152 g/mol. The lowest BCUT2D eigenvalue weighted by Crippen LogP contribution is -2.43. The monoisotopic (exact) mass is 164 g/mol. The first kappa shape index (κ1) is 7.40. The van der Waals surface area contributed by atoms with Crippen LogP contribution >= 0.6 is 0 Å². The van der Waals surface area contributed by atoms with Crippen molar-refractivity contribution < 1.29 is 4.79 Å². The molecule has 0 saturated carbocycles. The molecule has 0 radical (unpaired) electrons. The highest BCUT2D eigenvalue weighted by molar-refractivity contribution is 5.78. The van der Waals surface area contributed by atoms with Crippen molar-refractivity contribution in [2.45, 2.75) is 12.8 Å². The van der Waals surface area contributed by atoms with Gasteiger partial charge in [-0.15, -0.1) is 0 Å². The third-order valence-electron chi connectivity index (χ3n) is 2.29. The highest BCUT2D eigenvalue weighted by Crippen LogP contribution is 2.20. The van der Waals surface area contributed by atoms with E-state index >= 15 is 0 Å². The van der Waals surface area contributed by atoms with Gasteiger partial charge < -0.3 is 10.2 Å². The van der Waals surface area contributed by atoms with Gasteiger partial charge in [-0.3, -0.25) is 0 Å². The normalized spacial score (nSPS) is 22.4. The zero-order chi connectivity index (χ0) is 8.55. The zero-order valence-electron chi connectivity index (χ0n) is 7.13. The first-order valence-electron chi connectivity index (χ1n) is 4.18. The largest absolute Gasteiger partial charge is 0.324 e. The highest BCUT2D eigenvalue weighted by atomic mass is 16.2. The Balaban J connectivity index is 2.27. The van der Waals surface area contributed by atoms with E-state index in [0.29, 0.717) is 0 Å². The van der Waals surface area contributed by atoms with Gasteiger partial charge in [-0.2, -0.15) is 0 Å². The molecule has 2 aliphatic rings. The molecule has 2 amide bonds. The highest BCUT2D eigenvalue weighted by Gasteiger charge is 2.20. The topological polar surface area (TPSA) is 32.3 Å². The molecule has 0 aromatic rings. The van der Waals surface area contributed by atoms with Crippen LogP contribution in [0.2, 0.25) is 0 Å². The van der Waals surface area contributed by atoms with E-state index in [1.165, 1.54) is 5.57 Å². The summed E-state index contributed by atoms with van der Waals surface area (Å²) < 4.78 is 0. The van der Waals surface area contributed by atoms with Crippen LogP contribution in [0.3, 0.4) is 0 Å². The number of nitrogens with zero attached hydrogens (tertiary/aromatic N) is 1. The van der Waals surface area contributed by atoms with Gasteiger partial charge in [-0.05, 0) is 24.5 Å². The summed E-state index contributed by atoms with van der Waals surface area (Å²) in [5.41, 5.74) is 2.36. The number of rotatable bonds is 0. The van der Waals surface area contributed by atoms with Gasteiger partial charge in [0.1, 0.15) is 0 Å². The van der Waals surface area contributed by atoms with Crippen molar-refractivity contribution >= 4 is 6.03 Å². The standard InChI is InChI=1S/C9H12N2O/c1-11-6-7-4-2-3-5-8(7)10-9(11)12/h3,5H,2,4,6H2,1H3,(H,10,12). The Bertz CT molecular complexity index is 278. The first-order valence-corrected chi connectivity index (χ1v) is 4.18. The zero-order valence-corrected chi connectivity index (χ0v) is 7.13. The minimum Gasteiger partial charge on any atom is -0.324 e. The number of hydrogen-bond acceptors (Lipinski definition) is 1. The van der Waals surface area contributed by atoms with Crippen molar-refractivity contribution in [2.75, 3.05) is 13.6 Å². The second-order valence-electron chi connectivity index (χ2n) is 3.24. The van der Waals surface area contributed by atoms with Crippen LogP contribution in [0.4, 0.5) is 4.79 Å². The maximum atomic E-state index is 11.2. The molecule has 0 saturated heterocycles. The summed E-state index contributed by atoms with van der Waals surface area (Å²) in [6.45, 7) is 0.783. The number of urea groups is 1. The van der Waals surface area contributed by atoms with Crippen LogP contribution in [-0.4, -0.2) is 24.5 Å². The average Bonchev–Trinajstić information content (AvgIpc) is 2.07. The second kappa shape index (κ2) is 2.66. The number of amides is 2. The van der Waals surface area contributed by atoms with Gasteiger partial charge in [0.2, 0.25) is 0 Å². The third-order valence-corrected chi connectivity index (χ3v) is 2.29. The molecule has 2 rings (SSSR count). The SMILES string of the molecule is CN1CC2=C(C=CCC2)NC1=O. The van der Waals surface area contributed by atoms with E-state index in [2.05, 4.69) is 11.4 Å². The van der Waals surface area contributed by atoms with Crippen molar-refractivity contribution in [3.63, 3.8) is 0 Å². The maximum absolute atomic E-state index is 11.2. The number of carbonyl (C=O) groups excluding carboxylic acids is 1. The quantitative estimate of drug-likeness (QED) is 0.574. The molecule has 0 spiro atoms. The van der Waals surface area contributed by atoms with Gasteiger partial charge >= 0.3 is 6.03 Å². The van der Waals surface area contributed by atoms with Gasteiger partial charge in [-0.1, -0.05) is 6.08 Å². The van der Waals surface area contributed by atoms with Crippen LogP contribution in [0.15, 0.2) is 23.4 Å². The summed E-state index contributed by atoms with van der Waals surface area (Å²) in [5.74, 6) is 0. The van der Waals surface area contributed by atoms with E-state index in [1.807, 2.05) is 13.1 Å². The summed E-state index contributed by atoms with van der Waals surface area (Å²) in [5, 5.41) is 2.85. The Morgan fingerprint density at radius 1 is 1.58 bits per heavy atom. The van der Waals surface area contributed by atoms with Gasteiger partial charge in [-0.25, -0.2) is 4.79 Å². The summed E-state index contributed by atoms with van der Waals surface area (Å²) in [4.78, 5) is 12.9. The minimum atomic E-state index is 0.000278. The summed E-state index contributed by atoms with van der Waals surface area (Å²) in [6.07, 6.45) is 6.28. The Labute approximate surface area is 71.7 Å². The van der Waals surface area contributed by atoms with Crippen LogP contribution in [0, 0.1) is 0 Å². The van der Waals surface area contributed by atoms with E-state index in [-0.39, 0.29) is 6.03 Å².